The van der Waals surface area contributed by atoms with Crippen molar-refractivity contribution < 1.29 is 413 Å². The Hall–Kier alpha value is 12.6. The molecule has 0 aliphatic rings. The minimum atomic E-state index is 0. The van der Waals surface area contributed by atoms with Gasteiger partial charge in [-0.3, -0.25) is 0 Å². The van der Waals surface area contributed by atoms with Crippen molar-refractivity contribution in [2.75, 3.05) is 0 Å². The van der Waals surface area contributed by atoms with Crippen LogP contribution < -0.4 is 0 Å². The Bertz CT molecular complexity index is 235. The molecule has 1 amide bonds. The molecule has 0 saturated carbocycles. The van der Waals surface area contributed by atoms with Gasteiger partial charge in [0.05, 0.1) is 0 Å². The molecule has 0 rings (SSSR count). The van der Waals surface area contributed by atoms with E-state index in [4.69, 9.17) is 0 Å². The Morgan fingerprint density at radius 3 is 0.931 bits per heavy atom. The summed E-state index contributed by atoms with van der Waals surface area (Å²) in [6.07, 6.45) is 4.60. The van der Waals surface area contributed by atoms with E-state index >= 15 is 0 Å². The van der Waals surface area contributed by atoms with E-state index in [9.17, 15) is 4.79 Å². The molecule has 0 radical (unpaired) electrons. The molecule has 0 bridgehead atoms. The maximum absolute atomic E-state index is 10.3. The molecule has 0 aliphatic heterocycles. The molecule has 0 N–H and O–H groups in total. The van der Waals surface area contributed by atoms with Gasteiger partial charge in [-0.2, -0.15) is 0 Å². The Kier molecular flexibility index (Phi) is 446. The minimum absolute atomic E-state index is 0. The summed E-state index contributed by atoms with van der Waals surface area (Å²) < 4.78 is 4.87. The van der Waals surface area contributed by atoms with Crippen molar-refractivity contribution >= 4 is 10.3 Å². The van der Waals surface area contributed by atoms with Gasteiger partial charge in [0, 0.05) is 337 Å². The molecule has 0 saturated heterocycles. The average molecular weight is 3800 g/mol. The number of hydrogen-bond acceptors (Lipinski definition) is 2. The van der Waals surface area contributed by atoms with E-state index in [2.05, 4.69) is 9.68 Å². The normalized spacial score (nSPS) is 4.14. The van der Waals surface area contributed by atoms with Crippen LogP contribution in [0.2, 0.25) is 0 Å². The van der Waals surface area contributed by atoms with Crippen LogP contribution in [0.1, 0.15) is 13.8 Å². The first-order valence-electron chi connectivity index (χ1n) is 2.90. The van der Waals surface area contributed by atoms with Gasteiger partial charge in [0.1, 0.15) is 0 Å². The van der Waals surface area contributed by atoms with Crippen LogP contribution >= 0.6 is 0 Å². The van der Waals surface area contributed by atoms with Gasteiger partial charge < -0.3 is 0 Å². The van der Waals surface area contributed by atoms with E-state index < -0.39 is 0 Å². The van der Waals surface area contributed by atoms with Gasteiger partial charge >= 0.3 is 121 Å². The van der Waals surface area contributed by atoms with Crippen molar-refractivity contribution in [3.8, 4) is 0 Å². The van der Waals surface area contributed by atoms with Gasteiger partial charge in [0.25, 0.3) is 0 Å². The van der Waals surface area contributed by atoms with Crippen LogP contribution in [0.5, 0.6) is 0 Å². The summed E-state index contributed by atoms with van der Waals surface area (Å²) >= 11 is 5.62. The maximum atomic E-state index is 10.3. The van der Waals surface area contributed by atoms with E-state index in [1.807, 2.05) is 6.92 Å². The van der Waals surface area contributed by atoms with Gasteiger partial charge in [-0.25, -0.2) is 0 Å². The molecular formula is C6H6N2OW20-2. The molecule has 0 aromatic heterocycles. The van der Waals surface area contributed by atoms with Crippen LogP contribution in [0.3, 0.4) is 0 Å². The van der Waals surface area contributed by atoms with Crippen LogP contribution in [-0.4, -0.2) is 15.3 Å². The molecule has 0 atom stereocenters. The topological polar surface area (TPSA) is 32.7 Å². The van der Waals surface area contributed by atoms with Crippen molar-refractivity contribution in [2.45, 2.75) is 13.8 Å². The van der Waals surface area contributed by atoms with Crippen molar-refractivity contribution in [1.82, 2.24) is 5.01 Å². The fraction of sp³-hybridized carbons (Fsp3) is 0.333. The zero-order chi connectivity index (χ0) is 10.9. The van der Waals surface area contributed by atoms with Gasteiger partial charge in [0.2, 0.25) is 0 Å². The summed E-state index contributed by atoms with van der Waals surface area (Å²) in [6.45, 7) is 3.69. The Morgan fingerprint density at radius 1 is 0.690 bits per heavy atom. The van der Waals surface area contributed by atoms with Gasteiger partial charge in [-0.05, 0) is 0 Å². The zero-order valence-corrected chi connectivity index (χ0v) is 72.1. The van der Waals surface area contributed by atoms with Crippen LogP contribution in [0, 0.1) is 6.08 Å². The second-order valence-corrected chi connectivity index (χ2v) is 4.43. The SMILES string of the molecule is C[C-]=C([C](C)=[W])N([C-]=O)[N]=[W].[W].[W].[W].[W].[W].[W].[W].[W].[W].[W].[W].[W].[W].[W].[W].[W].[W]=[W]. The Labute approximate surface area is 445 Å². The zero-order valence-electron chi connectivity index (χ0n) is 13.5. The monoisotopic (exact) mass is 3800 g/mol. The van der Waals surface area contributed by atoms with E-state index in [1.165, 1.54) is 24.4 Å². The van der Waals surface area contributed by atoms with E-state index in [0.29, 0.717) is 0 Å². The number of hydrogen-bond donors (Lipinski definition) is 0. The van der Waals surface area contributed by atoms with Crippen molar-refractivity contribution in [1.29, 1.82) is 0 Å². The molecule has 0 aliphatic carbocycles. The number of allylic oxidation sites excluding steroid dienone is 2. The van der Waals surface area contributed by atoms with Crippen LogP contribution in [0.15, 0.2) is 9.30 Å². The standard InChI is InChI=1S/C6H6N2O.20W/c1-3-6(4-2)8(7)5-9;;;;;;;;;;;;;;;;;;;;/h1-2H3;;;;;;;;;;;;;;;;;;;;/q-2;;;;;;;;;;;;;;;;;;;;. The summed E-state index contributed by atoms with van der Waals surface area (Å²) in [7, 11) is 0. The second kappa shape index (κ2) is 105. The summed E-state index contributed by atoms with van der Waals surface area (Å²) in [6, 6.07) is 0. The molecule has 0 heterocycles. The van der Waals surface area contributed by atoms with Crippen molar-refractivity contribution in [3.63, 3.8) is 0 Å². The van der Waals surface area contributed by atoms with Crippen LogP contribution in [-0.2, 0) is 413 Å². The predicted molar refractivity (Wildman–Crippen MR) is 33.1 cm³/mol. The number of carbonyl (C=O) groups excluding carboxylic acids is 1. The summed E-state index contributed by atoms with van der Waals surface area (Å²) in [5.41, 5.74) is 0.727. The summed E-state index contributed by atoms with van der Waals surface area (Å²) in [4.78, 5) is 10.3. The van der Waals surface area contributed by atoms with Gasteiger partial charge in [0.15, 0.2) is 0 Å². The van der Waals surface area contributed by atoms with Gasteiger partial charge in [-0.15, -0.1) is 0 Å². The Balaban J connectivity index is -0.00000000407. The molecule has 168 valence electrons. The van der Waals surface area contributed by atoms with E-state index in [-0.39, 0.29) is 337 Å². The first kappa shape index (κ1) is 123. The first-order chi connectivity index (χ1) is 6.17. The average Bonchev–Trinajstić information content (AvgIpc) is 2.16. The molecule has 23 heteroatoms. The molecule has 0 aromatic carbocycles. The fourth-order valence-electron chi connectivity index (χ4n) is 0.534. The summed E-state index contributed by atoms with van der Waals surface area (Å²) in [5, 5.41) is 1.19. The molecule has 0 fully saturated rings. The summed E-state index contributed by atoms with van der Waals surface area (Å²) in [5.74, 6) is 0. The van der Waals surface area contributed by atoms with Crippen LogP contribution in [0.25, 0.3) is 0 Å². The molecule has 0 unspecified atom stereocenters. The second-order valence-electron chi connectivity index (χ2n) is 1.64. The van der Waals surface area contributed by atoms with Crippen LogP contribution in [0.4, 0.5) is 0 Å². The Morgan fingerprint density at radius 2 is 0.897 bits per heavy atom. The number of rotatable bonds is 4. The molecule has 0 aromatic rings. The van der Waals surface area contributed by atoms with E-state index in [1.54, 1.807) is 45.8 Å². The van der Waals surface area contributed by atoms with Crippen molar-refractivity contribution in [3.05, 3.63) is 11.8 Å². The van der Waals surface area contributed by atoms with Gasteiger partial charge in [-0.1, -0.05) is 0 Å². The first-order valence-corrected chi connectivity index (χ1v) is 16.7. The third kappa shape index (κ3) is 85.5. The molecule has 29 heavy (non-hydrogen) atoms. The fourth-order valence-corrected chi connectivity index (χ4v) is 1.62. The third-order valence-corrected chi connectivity index (χ3v) is 2.23. The predicted octanol–water partition coefficient (Wildman–Crippen LogP) is 0.402. The molecular weight excluding hydrogens is 3790 g/mol. The number of amides is 1. The third-order valence-electron chi connectivity index (χ3n) is 0.950. The van der Waals surface area contributed by atoms with Crippen molar-refractivity contribution in [2.24, 2.45) is 3.60 Å². The molecule has 3 nitrogen and oxygen atoms in total. The van der Waals surface area contributed by atoms with E-state index in [0.717, 1.165) is 29.2 Å². The quantitative estimate of drug-likeness (QED) is 0.229. The molecule has 0 spiro atoms. The number of nitrogens with zero attached hydrogens (tertiary/aromatic N) is 2.